The van der Waals surface area contributed by atoms with Crippen LogP contribution >= 0.6 is 0 Å². The summed E-state index contributed by atoms with van der Waals surface area (Å²) in [5.41, 5.74) is 0. The summed E-state index contributed by atoms with van der Waals surface area (Å²) in [5, 5.41) is 19.4. The molecule has 0 aromatic heterocycles. The summed E-state index contributed by atoms with van der Waals surface area (Å²) in [6, 6.07) is 0. The molecule has 0 aliphatic carbocycles. The molecule has 1 saturated heterocycles. The van der Waals surface area contributed by atoms with Crippen LogP contribution in [0.5, 0.6) is 0 Å². The molecule has 0 saturated carbocycles. The van der Waals surface area contributed by atoms with Crippen LogP contribution in [0.2, 0.25) is 0 Å². The first-order valence-corrected chi connectivity index (χ1v) is 6.39. The van der Waals surface area contributed by atoms with E-state index < -0.39 is 12.2 Å². The van der Waals surface area contributed by atoms with Crippen molar-refractivity contribution in [1.82, 2.24) is 4.90 Å². The van der Waals surface area contributed by atoms with Gasteiger partial charge in [0.15, 0.2) is 0 Å². The number of rotatable bonds is 6. The molecule has 0 aromatic rings. The van der Waals surface area contributed by atoms with Crippen molar-refractivity contribution < 1.29 is 24.5 Å². The number of hydrogen-bond donors (Lipinski definition) is 2. The van der Waals surface area contributed by atoms with Crippen LogP contribution < -0.4 is 0 Å². The van der Waals surface area contributed by atoms with Crippen LogP contribution in [0, 0.1) is 5.92 Å². The fraction of sp³-hybridized carbons (Fsp3) is 0.917. The second-order valence-electron chi connectivity index (χ2n) is 4.42. The van der Waals surface area contributed by atoms with E-state index in [2.05, 4.69) is 0 Å². The molecule has 1 amide bonds. The summed E-state index contributed by atoms with van der Waals surface area (Å²) in [6.45, 7) is 5.68. The molecule has 3 atom stereocenters. The monoisotopic (exact) mass is 261 g/mol. The number of ether oxygens (including phenoxy) is 2. The van der Waals surface area contributed by atoms with E-state index in [1.165, 1.54) is 0 Å². The van der Waals surface area contributed by atoms with Crippen molar-refractivity contribution in [2.24, 2.45) is 5.92 Å². The van der Waals surface area contributed by atoms with Gasteiger partial charge < -0.3 is 24.6 Å². The fourth-order valence-corrected chi connectivity index (χ4v) is 1.98. The van der Waals surface area contributed by atoms with Gasteiger partial charge in [-0.2, -0.15) is 0 Å². The third kappa shape index (κ3) is 4.20. The Morgan fingerprint density at radius 1 is 1.39 bits per heavy atom. The summed E-state index contributed by atoms with van der Waals surface area (Å²) in [5.74, 6) is -0.356. The first kappa shape index (κ1) is 15.4. The highest BCUT2D eigenvalue weighted by Crippen LogP contribution is 2.16. The largest absolute Gasteiger partial charge is 0.390 e. The molecule has 2 N–H and O–H groups in total. The number of nitrogens with zero attached hydrogens (tertiary/aromatic N) is 1. The minimum Gasteiger partial charge on any atom is -0.390 e. The van der Waals surface area contributed by atoms with E-state index in [1.807, 2.05) is 13.8 Å². The molecular formula is C12H23NO5. The normalized spacial score (nSPS) is 28.1. The van der Waals surface area contributed by atoms with E-state index in [0.29, 0.717) is 26.3 Å². The van der Waals surface area contributed by atoms with Crippen LogP contribution in [0.25, 0.3) is 0 Å². The van der Waals surface area contributed by atoms with Crippen molar-refractivity contribution in [3.05, 3.63) is 0 Å². The summed E-state index contributed by atoms with van der Waals surface area (Å²) in [4.78, 5) is 13.4. The standard InChI is InChI=1S/C12H23NO5/c1-3-13(11(15)8-17-4-2)5-9-6-18-7-10(14)12(9)16/h9-10,12,14,16H,3-8H2,1-2H3/t9-,10-,12+/m1/s1. The van der Waals surface area contributed by atoms with E-state index >= 15 is 0 Å². The molecule has 18 heavy (non-hydrogen) atoms. The van der Waals surface area contributed by atoms with Gasteiger partial charge in [-0.15, -0.1) is 0 Å². The minimum atomic E-state index is -0.871. The van der Waals surface area contributed by atoms with Crippen LogP contribution in [0.3, 0.4) is 0 Å². The van der Waals surface area contributed by atoms with Crippen molar-refractivity contribution in [3.63, 3.8) is 0 Å². The number of amides is 1. The molecule has 1 aliphatic rings. The number of aliphatic hydroxyl groups is 2. The minimum absolute atomic E-state index is 0.0521. The van der Waals surface area contributed by atoms with E-state index in [-0.39, 0.29) is 25.0 Å². The maximum absolute atomic E-state index is 11.8. The van der Waals surface area contributed by atoms with E-state index in [1.54, 1.807) is 4.90 Å². The molecule has 1 fully saturated rings. The number of likely N-dealkylation sites (N-methyl/N-ethyl adjacent to an activating group) is 1. The van der Waals surface area contributed by atoms with Crippen molar-refractivity contribution in [3.8, 4) is 0 Å². The molecule has 0 aromatic carbocycles. The zero-order valence-corrected chi connectivity index (χ0v) is 11.0. The van der Waals surface area contributed by atoms with E-state index in [9.17, 15) is 15.0 Å². The molecule has 6 nitrogen and oxygen atoms in total. The Morgan fingerprint density at radius 3 is 2.72 bits per heavy atom. The predicted molar refractivity (Wildman–Crippen MR) is 65.1 cm³/mol. The van der Waals surface area contributed by atoms with Crippen LogP contribution in [-0.2, 0) is 14.3 Å². The molecule has 106 valence electrons. The number of carbonyl (C=O) groups excluding carboxylic acids is 1. The number of hydrogen-bond acceptors (Lipinski definition) is 5. The van der Waals surface area contributed by atoms with Crippen LogP contribution in [0.15, 0.2) is 0 Å². The highest BCUT2D eigenvalue weighted by Gasteiger charge is 2.33. The summed E-state index contributed by atoms with van der Waals surface area (Å²) < 4.78 is 10.3. The lowest BCUT2D eigenvalue weighted by Crippen LogP contribution is -2.50. The maximum atomic E-state index is 11.8. The van der Waals surface area contributed by atoms with Gasteiger partial charge >= 0.3 is 0 Å². The topological polar surface area (TPSA) is 79.2 Å². The van der Waals surface area contributed by atoms with Gasteiger partial charge in [-0.25, -0.2) is 0 Å². The average Bonchev–Trinajstić information content (AvgIpc) is 2.37. The van der Waals surface area contributed by atoms with Gasteiger partial charge in [-0.05, 0) is 13.8 Å². The Balaban J connectivity index is 2.48. The molecule has 0 bridgehead atoms. The molecule has 1 heterocycles. The lowest BCUT2D eigenvalue weighted by atomic mass is 9.96. The second-order valence-corrected chi connectivity index (χ2v) is 4.42. The lowest BCUT2D eigenvalue weighted by Gasteiger charge is -2.35. The predicted octanol–water partition coefficient (Wildman–Crippen LogP) is -0.760. The first-order valence-electron chi connectivity index (χ1n) is 6.39. The van der Waals surface area contributed by atoms with Crippen molar-refractivity contribution in [2.75, 3.05) is 39.5 Å². The molecule has 0 radical (unpaired) electrons. The molecule has 1 aliphatic heterocycles. The lowest BCUT2D eigenvalue weighted by molar-refractivity contribution is -0.145. The Bertz CT molecular complexity index is 261. The van der Waals surface area contributed by atoms with Crippen LogP contribution in [-0.4, -0.2) is 72.7 Å². The summed E-state index contributed by atoms with van der Waals surface area (Å²) in [7, 11) is 0. The maximum Gasteiger partial charge on any atom is 0.248 e. The van der Waals surface area contributed by atoms with E-state index in [4.69, 9.17) is 9.47 Å². The van der Waals surface area contributed by atoms with Gasteiger partial charge in [0, 0.05) is 25.6 Å². The number of carbonyl (C=O) groups is 1. The summed E-state index contributed by atoms with van der Waals surface area (Å²) in [6.07, 6.45) is -1.71. The highest BCUT2D eigenvalue weighted by molar-refractivity contribution is 5.77. The quantitative estimate of drug-likeness (QED) is 0.657. The molecule has 6 heteroatoms. The van der Waals surface area contributed by atoms with Gasteiger partial charge in [0.2, 0.25) is 5.91 Å². The first-order chi connectivity index (χ1) is 8.60. The van der Waals surface area contributed by atoms with E-state index in [0.717, 1.165) is 0 Å². The van der Waals surface area contributed by atoms with Crippen molar-refractivity contribution >= 4 is 5.91 Å². The highest BCUT2D eigenvalue weighted by atomic mass is 16.5. The molecule has 1 rings (SSSR count). The molecule has 0 spiro atoms. The van der Waals surface area contributed by atoms with Crippen molar-refractivity contribution in [2.45, 2.75) is 26.1 Å². The Morgan fingerprint density at radius 2 is 2.11 bits per heavy atom. The van der Waals surface area contributed by atoms with Gasteiger partial charge in [0.1, 0.15) is 12.7 Å². The smallest absolute Gasteiger partial charge is 0.248 e. The Kier molecular flexibility index (Phi) is 6.56. The number of aliphatic hydroxyl groups excluding tert-OH is 2. The van der Waals surface area contributed by atoms with Gasteiger partial charge in [0.05, 0.1) is 19.3 Å². The van der Waals surface area contributed by atoms with Gasteiger partial charge in [0.25, 0.3) is 0 Å². The molecular weight excluding hydrogens is 238 g/mol. The van der Waals surface area contributed by atoms with Crippen LogP contribution in [0.1, 0.15) is 13.8 Å². The zero-order chi connectivity index (χ0) is 13.5. The Labute approximate surface area is 107 Å². The summed E-state index contributed by atoms with van der Waals surface area (Å²) >= 11 is 0. The zero-order valence-electron chi connectivity index (χ0n) is 11.0. The van der Waals surface area contributed by atoms with Gasteiger partial charge in [-0.1, -0.05) is 0 Å². The Hall–Kier alpha value is -0.690. The van der Waals surface area contributed by atoms with Crippen LogP contribution in [0.4, 0.5) is 0 Å². The van der Waals surface area contributed by atoms with Crippen molar-refractivity contribution in [1.29, 1.82) is 0 Å². The van der Waals surface area contributed by atoms with Gasteiger partial charge in [-0.3, -0.25) is 4.79 Å². The third-order valence-corrected chi connectivity index (χ3v) is 3.12. The average molecular weight is 261 g/mol. The fourth-order valence-electron chi connectivity index (χ4n) is 1.98. The third-order valence-electron chi connectivity index (χ3n) is 3.12. The SMILES string of the molecule is CCOCC(=O)N(CC)C[C@@H]1COC[C@@H](O)[C@H]1O. The molecule has 0 unspecified atom stereocenters. The second kappa shape index (κ2) is 7.68.